The molecule has 4 aromatic carbocycles. The number of fused-ring (bicyclic) bond motifs is 1. The Hall–Kier alpha value is -3.79. The number of carbonyl (C=O) groups excluding carboxylic acids is 1. The lowest BCUT2D eigenvalue weighted by Crippen LogP contribution is -2.27. The van der Waals surface area contributed by atoms with Crippen molar-refractivity contribution in [3.8, 4) is 5.75 Å². The first-order valence-corrected chi connectivity index (χ1v) is 10.1. The Labute approximate surface area is 176 Å². The number of carbonyl (C=O) groups is 1. The smallest absolute Gasteiger partial charge is 0.251 e. The first-order chi connectivity index (χ1) is 14.7. The van der Waals surface area contributed by atoms with E-state index in [0.29, 0.717) is 18.0 Å². The number of hydrogen-bond donors (Lipinski definition) is 2. The van der Waals surface area contributed by atoms with Gasteiger partial charge in [-0.1, -0.05) is 72.8 Å². The fourth-order valence-corrected chi connectivity index (χ4v) is 3.45. The van der Waals surface area contributed by atoms with Crippen molar-refractivity contribution in [1.82, 2.24) is 0 Å². The van der Waals surface area contributed by atoms with Gasteiger partial charge in [0.1, 0.15) is 11.8 Å². The van der Waals surface area contributed by atoms with Gasteiger partial charge in [-0.15, -0.1) is 0 Å². The van der Waals surface area contributed by atoms with Crippen LogP contribution in [0.5, 0.6) is 5.75 Å². The van der Waals surface area contributed by atoms with E-state index in [9.17, 15) is 4.79 Å². The molecule has 0 aliphatic carbocycles. The minimum atomic E-state index is -0.554. The summed E-state index contributed by atoms with van der Waals surface area (Å²) in [6.45, 7) is 2.46. The van der Waals surface area contributed by atoms with E-state index < -0.39 is 6.04 Å². The Bertz CT molecular complexity index is 1140. The lowest BCUT2D eigenvalue weighted by molar-refractivity contribution is -0.117. The summed E-state index contributed by atoms with van der Waals surface area (Å²) in [5.41, 5.74) is 2.43. The molecule has 0 unspecified atom stereocenters. The lowest BCUT2D eigenvalue weighted by atomic mass is 10.0. The van der Waals surface area contributed by atoms with Crippen LogP contribution in [0, 0.1) is 0 Å². The van der Waals surface area contributed by atoms with E-state index in [1.54, 1.807) is 0 Å². The Morgan fingerprint density at radius 2 is 1.53 bits per heavy atom. The zero-order chi connectivity index (χ0) is 20.8. The van der Waals surface area contributed by atoms with Crippen molar-refractivity contribution in [2.24, 2.45) is 0 Å². The standard InChI is InChI=1S/C26H24N2O2/c1-2-30-24-15-9-8-14-23(24)28-26(29)25(20-11-4-3-5-12-20)27-22-17-16-19-10-6-7-13-21(19)18-22/h3-18,25,27H,2H2,1H3,(H,28,29)/t25-/m0/s1. The molecule has 4 aromatic rings. The quantitative estimate of drug-likeness (QED) is 0.401. The second-order valence-corrected chi connectivity index (χ2v) is 6.97. The van der Waals surface area contributed by atoms with Gasteiger partial charge in [-0.3, -0.25) is 4.79 Å². The third-order valence-corrected chi connectivity index (χ3v) is 4.90. The van der Waals surface area contributed by atoms with E-state index in [0.717, 1.165) is 22.0 Å². The Kier molecular flexibility index (Phi) is 5.95. The van der Waals surface area contributed by atoms with Gasteiger partial charge in [0.15, 0.2) is 0 Å². The molecule has 4 heteroatoms. The molecular weight excluding hydrogens is 372 g/mol. The van der Waals surface area contributed by atoms with E-state index >= 15 is 0 Å². The van der Waals surface area contributed by atoms with Crippen LogP contribution in [0.15, 0.2) is 97.1 Å². The number of benzene rings is 4. The fourth-order valence-electron chi connectivity index (χ4n) is 3.45. The van der Waals surface area contributed by atoms with Gasteiger partial charge in [-0.25, -0.2) is 0 Å². The van der Waals surface area contributed by atoms with Crippen LogP contribution in [-0.2, 0) is 4.79 Å². The summed E-state index contributed by atoms with van der Waals surface area (Å²) in [6.07, 6.45) is 0. The van der Waals surface area contributed by atoms with Crippen LogP contribution in [0.1, 0.15) is 18.5 Å². The molecule has 0 heterocycles. The molecule has 2 N–H and O–H groups in total. The van der Waals surface area contributed by atoms with Gasteiger partial charge < -0.3 is 15.4 Å². The summed E-state index contributed by atoms with van der Waals surface area (Å²) in [7, 11) is 0. The number of nitrogens with one attached hydrogen (secondary N) is 2. The second kappa shape index (κ2) is 9.14. The second-order valence-electron chi connectivity index (χ2n) is 6.97. The van der Waals surface area contributed by atoms with Crippen molar-refractivity contribution in [3.05, 3.63) is 103 Å². The highest BCUT2D eigenvalue weighted by molar-refractivity contribution is 5.98. The lowest BCUT2D eigenvalue weighted by Gasteiger charge is -2.21. The summed E-state index contributed by atoms with van der Waals surface area (Å²) in [5, 5.41) is 8.71. The number of rotatable bonds is 7. The molecule has 4 nitrogen and oxygen atoms in total. The van der Waals surface area contributed by atoms with Gasteiger partial charge in [-0.2, -0.15) is 0 Å². The summed E-state index contributed by atoms with van der Waals surface area (Å²) in [6, 6.07) is 30.9. The SMILES string of the molecule is CCOc1ccccc1NC(=O)[C@@H](Nc1ccc2ccccc2c1)c1ccccc1. The molecule has 0 aliphatic rings. The van der Waals surface area contributed by atoms with E-state index in [-0.39, 0.29) is 5.91 Å². The van der Waals surface area contributed by atoms with Crippen LogP contribution in [-0.4, -0.2) is 12.5 Å². The van der Waals surface area contributed by atoms with E-state index in [4.69, 9.17) is 4.74 Å². The highest BCUT2D eigenvalue weighted by Crippen LogP contribution is 2.28. The van der Waals surface area contributed by atoms with Gasteiger partial charge in [0.2, 0.25) is 0 Å². The Morgan fingerprint density at radius 1 is 0.833 bits per heavy atom. The van der Waals surface area contributed by atoms with Gasteiger partial charge in [0, 0.05) is 5.69 Å². The molecular formula is C26H24N2O2. The van der Waals surface area contributed by atoms with Crippen LogP contribution in [0.4, 0.5) is 11.4 Å². The first-order valence-electron chi connectivity index (χ1n) is 10.1. The number of ether oxygens (including phenoxy) is 1. The maximum atomic E-state index is 13.3. The van der Waals surface area contributed by atoms with Crippen molar-refractivity contribution in [2.75, 3.05) is 17.2 Å². The molecule has 1 atom stereocenters. The highest BCUT2D eigenvalue weighted by atomic mass is 16.5. The maximum absolute atomic E-state index is 13.3. The minimum Gasteiger partial charge on any atom is -0.492 e. The minimum absolute atomic E-state index is 0.151. The predicted molar refractivity (Wildman–Crippen MR) is 123 cm³/mol. The van der Waals surface area contributed by atoms with Crippen LogP contribution in [0.3, 0.4) is 0 Å². The molecule has 0 fully saturated rings. The van der Waals surface area contributed by atoms with Crippen molar-refractivity contribution in [3.63, 3.8) is 0 Å². The normalized spacial score (nSPS) is 11.6. The number of para-hydroxylation sites is 2. The van der Waals surface area contributed by atoms with E-state index in [1.165, 1.54) is 0 Å². The molecule has 0 saturated heterocycles. The van der Waals surface area contributed by atoms with Gasteiger partial charge in [0.25, 0.3) is 5.91 Å². The van der Waals surface area contributed by atoms with Crippen molar-refractivity contribution in [1.29, 1.82) is 0 Å². The molecule has 0 aromatic heterocycles. The molecule has 4 rings (SSSR count). The van der Waals surface area contributed by atoms with Gasteiger partial charge in [0.05, 0.1) is 12.3 Å². The first kappa shape index (κ1) is 19.5. The average Bonchev–Trinajstić information content (AvgIpc) is 2.79. The summed E-state index contributed by atoms with van der Waals surface area (Å²) < 4.78 is 5.65. The monoisotopic (exact) mass is 396 g/mol. The van der Waals surface area contributed by atoms with Crippen LogP contribution >= 0.6 is 0 Å². The highest BCUT2D eigenvalue weighted by Gasteiger charge is 2.21. The third kappa shape index (κ3) is 4.44. The largest absolute Gasteiger partial charge is 0.492 e. The molecule has 0 radical (unpaired) electrons. The third-order valence-electron chi connectivity index (χ3n) is 4.90. The topological polar surface area (TPSA) is 50.4 Å². The van der Waals surface area contributed by atoms with Gasteiger partial charge in [-0.05, 0) is 47.5 Å². The van der Waals surface area contributed by atoms with Crippen molar-refractivity contribution < 1.29 is 9.53 Å². The molecule has 0 aliphatic heterocycles. The summed E-state index contributed by atoms with van der Waals surface area (Å²) in [4.78, 5) is 13.3. The molecule has 1 amide bonds. The van der Waals surface area contributed by atoms with Crippen LogP contribution in [0.2, 0.25) is 0 Å². The maximum Gasteiger partial charge on any atom is 0.251 e. The molecule has 30 heavy (non-hydrogen) atoms. The zero-order valence-corrected chi connectivity index (χ0v) is 16.8. The summed E-state index contributed by atoms with van der Waals surface area (Å²) >= 11 is 0. The molecule has 150 valence electrons. The number of anilines is 2. The predicted octanol–water partition coefficient (Wildman–Crippen LogP) is 6.03. The van der Waals surface area contributed by atoms with E-state index in [1.807, 2.05) is 79.7 Å². The molecule has 0 bridgehead atoms. The fraction of sp³-hybridized carbons (Fsp3) is 0.115. The Morgan fingerprint density at radius 3 is 2.33 bits per heavy atom. The number of hydrogen-bond acceptors (Lipinski definition) is 3. The van der Waals surface area contributed by atoms with Crippen LogP contribution in [0.25, 0.3) is 10.8 Å². The summed E-state index contributed by atoms with van der Waals surface area (Å²) in [5.74, 6) is 0.507. The zero-order valence-electron chi connectivity index (χ0n) is 16.8. The van der Waals surface area contributed by atoms with Gasteiger partial charge >= 0.3 is 0 Å². The average molecular weight is 396 g/mol. The Balaban J connectivity index is 1.63. The van der Waals surface area contributed by atoms with Crippen LogP contribution < -0.4 is 15.4 Å². The van der Waals surface area contributed by atoms with Crippen molar-refractivity contribution >= 4 is 28.1 Å². The van der Waals surface area contributed by atoms with E-state index in [2.05, 4.69) is 34.9 Å². The van der Waals surface area contributed by atoms with Crippen molar-refractivity contribution in [2.45, 2.75) is 13.0 Å². The number of amides is 1. The molecule has 0 spiro atoms. The molecule has 0 saturated carbocycles.